The molecule has 0 unspecified atom stereocenters. The number of amides is 1. The molecule has 5 nitrogen and oxygen atoms in total. The molecule has 0 aromatic heterocycles. The van der Waals surface area contributed by atoms with Crippen LogP contribution in [0.25, 0.3) is 0 Å². The van der Waals surface area contributed by atoms with Gasteiger partial charge in [-0.3, -0.25) is 9.80 Å². The second kappa shape index (κ2) is 9.27. The van der Waals surface area contributed by atoms with Crippen LogP contribution >= 0.6 is 23.2 Å². The average molecular weight is 446 g/mol. The fourth-order valence-corrected chi connectivity index (χ4v) is 4.68. The lowest BCUT2D eigenvalue weighted by molar-refractivity contribution is -0.115. The highest BCUT2D eigenvalue weighted by Crippen LogP contribution is 2.40. The van der Waals surface area contributed by atoms with Crippen molar-refractivity contribution in [1.29, 1.82) is 0 Å². The summed E-state index contributed by atoms with van der Waals surface area (Å²) in [6.45, 7) is 0. The number of hydrazone groups is 1. The molecule has 1 saturated carbocycles. The molecular formula is C23H25Cl2N3O2. The highest BCUT2D eigenvalue weighted by atomic mass is 35.5. The minimum atomic E-state index is -0.195. The smallest absolute Gasteiger partial charge is 0.267 e. The number of phenols is 1. The normalized spacial score (nSPS) is 20.0. The number of anilines is 1. The van der Waals surface area contributed by atoms with Crippen molar-refractivity contribution in [2.45, 2.75) is 57.0 Å². The van der Waals surface area contributed by atoms with Crippen LogP contribution in [0.15, 0.2) is 47.6 Å². The van der Waals surface area contributed by atoms with E-state index in [-0.39, 0.29) is 23.7 Å². The summed E-state index contributed by atoms with van der Waals surface area (Å²) < 4.78 is 0. The molecule has 1 fully saturated rings. The van der Waals surface area contributed by atoms with Crippen molar-refractivity contribution >= 4 is 40.5 Å². The van der Waals surface area contributed by atoms with Gasteiger partial charge in [0.15, 0.2) is 0 Å². The second-order valence-corrected chi connectivity index (χ2v) is 8.80. The summed E-state index contributed by atoms with van der Waals surface area (Å²) >= 11 is 12.5. The second-order valence-electron chi connectivity index (χ2n) is 7.96. The minimum Gasteiger partial charge on any atom is -0.508 e. The number of hydrogen-bond donors (Lipinski definition) is 2. The fraction of sp³-hybridized carbons (Fsp3) is 0.391. The number of carbonyl (C=O) groups excluding carboxylic acids is 1. The third-order valence-corrected chi connectivity index (χ3v) is 6.34. The van der Waals surface area contributed by atoms with Gasteiger partial charge in [0.25, 0.3) is 5.91 Å². The van der Waals surface area contributed by atoms with Crippen molar-refractivity contribution < 1.29 is 9.90 Å². The summed E-state index contributed by atoms with van der Waals surface area (Å²) in [5, 5.41) is 20.3. The SMILES string of the molecule is O=C(NC1CCCCCC1)C1=NN(c2ccc(Cl)cc2Cl)[C@H](c2ccc(O)cc2)C1. The Morgan fingerprint density at radius 1 is 1.03 bits per heavy atom. The molecule has 1 aliphatic carbocycles. The van der Waals surface area contributed by atoms with E-state index in [4.69, 9.17) is 23.2 Å². The first-order valence-electron chi connectivity index (χ1n) is 10.4. The van der Waals surface area contributed by atoms with Gasteiger partial charge in [0.05, 0.1) is 16.8 Å². The van der Waals surface area contributed by atoms with Gasteiger partial charge in [-0.05, 0) is 48.7 Å². The maximum atomic E-state index is 13.0. The Bertz CT molecular complexity index is 938. The molecule has 0 spiro atoms. The Labute approximate surface area is 186 Å². The van der Waals surface area contributed by atoms with Crippen molar-refractivity contribution in [3.05, 3.63) is 58.1 Å². The van der Waals surface area contributed by atoms with Gasteiger partial charge in [-0.1, -0.05) is 61.0 Å². The van der Waals surface area contributed by atoms with E-state index in [1.165, 1.54) is 12.8 Å². The zero-order valence-corrected chi connectivity index (χ0v) is 18.2. The van der Waals surface area contributed by atoms with E-state index in [1.807, 2.05) is 18.2 Å². The third-order valence-electron chi connectivity index (χ3n) is 5.80. The molecule has 158 valence electrons. The largest absolute Gasteiger partial charge is 0.508 e. The van der Waals surface area contributed by atoms with Gasteiger partial charge in [-0.15, -0.1) is 0 Å². The van der Waals surface area contributed by atoms with Crippen molar-refractivity contribution in [2.24, 2.45) is 5.10 Å². The lowest BCUT2D eigenvalue weighted by Crippen LogP contribution is -2.38. The van der Waals surface area contributed by atoms with E-state index in [0.29, 0.717) is 27.9 Å². The Hall–Kier alpha value is -2.24. The number of nitrogens with zero attached hydrogens (tertiary/aromatic N) is 2. The first-order valence-corrected chi connectivity index (χ1v) is 11.2. The number of halogens is 2. The standard InChI is InChI=1S/C23H25Cl2N3O2/c24-16-9-12-21(19(25)13-16)28-22(15-7-10-18(29)11-8-15)14-20(27-28)23(30)26-17-5-3-1-2-4-6-17/h7-13,17,22,29H,1-6,14H2,(H,26,30)/t22-/m0/s1. The molecule has 1 amide bonds. The van der Waals surface area contributed by atoms with Crippen molar-refractivity contribution in [2.75, 3.05) is 5.01 Å². The Kier molecular flexibility index (Phi) is 6.49. The number of phenolic OH excluding ortho intramolecular Hbond substituents is 1. The van der Waals surface area contributed by atoms with Gasteiger partial charge >= 0.3 is 0 Å². The number of hydrogen-bond acceptors (Lipinski definition) is 4. The van der Waals surface area contributed by atoms with Crippen molar-refractivity contribution in [1.82, 2.24) is 5.32 Å². The van der Waals surface area contributed by atoms with Crippen LogP contribution in [0.5, 0.6) is 5.75 Å². The summed E-state index contributed by atoms with van der Waals surface area (Å²) in [7, 11) is 0. The van der Waals surface area contributed by atoms with E-state index in [1.54, 1.807) is 29.3 Å². The van der Waals surface area contributed by atoms with Crippen LogP contribution in [-0.2, 0) is 4.79 Å². The lowest BCUT2D eigenvalue weighted by Gasteiger charge is -2.25. The number of aromatic hydroxyl groups is 1. The van der Waals surface area contributed by atoms with Gasteiger partial charge < -0.3 is 10.4 Å². The monoisotopic (exact) mass is 445 g/mol. The van der Waals surface area contributed by atoms with E-state index < -0.39 is 0 Å². The van der Waals surface area contributed by atoms with Crippen LogP contribution < -0.4 is 10.3 Å². The molecule has 1 atom stereocenters. The molecule has 2 aromatic carbocycles. The summed E-state index contributed by atoms with van der Waals surface area (Å²) in [5.41, 5.74) is 2.12. The topological polar surface area (TPSA) is 64.9 Å². The number of carbonyl (C=O) groups is 1. The zero-order valence-electron chi connectivity index (χ0n) is 16.7. The molecular weight excluding hydrogens is 421 g/mol. The molecule has 0 radical (unpaired) electrons. The van der Waals surface area contributed by atoms with Crippen LogP contribution in [0, 0.1) is 0 Å². The number of nitrogens with one attached hydrogen (secondary N) is 1. The van der Waals surface area contributed by atoms with Crippen LogP contribution in [0.1, 0.15) is 56.6 Å². The molecule has 0 bridgehead atoms. The highest BCUT2D eigenvalue weighted by Gasteiger charge is 2.34. The Morgan fingerprint density at radius 3 is 2.40 bits per heavy atom. The first kappa shape index (κ1) is 21.0. The Morgan fingerprint density at radius 2 is 1.73 bits per heavy atom. The van der Waals surface area contributed by atoms with Crippen molar-refractivity contribution in [3.63, 3.8) is 0 Å². The van der Waals surface area contributed by atoms with Gasteiger partial charge in [0.1, 0.15) is 11.5 Å². The van der Waals surface area contributed by atoms with E-state index in [2.05, 4.69) is 10.4 Å². The van der Waals surface area contributed by atoms with Gasteiger partial charge in [0.2, 0.25) is 0 Å². The Balaban J connectivity index is 1.61. The van der Waals surface area contributed by atoms with Gasteiger partial charge in [-0.25, -0.2) is 0 Å². The van der Waals surface area contributed by atoms with Gasteiger partial charge in [-0.2, -0.15) is 5.10 Å². The molecule has 7 heteroatoms. The fourth-order valence-electron chi connectivity index (χ4n) is 4.19. The maximum Gasteiger partial charge on any atom is 0.267 e. The van der Waals surface area contributed by atoms with Gasteiger partial charge in [0, 0.05) is 17.5 Å². The van der Waals surface area contributed by atoms with E-state index >= 15 is 0 Å². The molecule has 2 aliphatic rings. The highest BCUT2D eigenvalue weighted by molar-refractivity contribution is 6.40. The molecule has 0 saturated heterocycles. The molecule has 4 rings (SSSR count). The zero-order chi connectivity index (χ0) is 21.1. The molecule has 1 aliphatic heterocycles. The summed E-state index contributed by atoms with van der Waals surface area (Å²) in [5.74, 6) is 0.0818. The first-order chi connectivity index (χ1) is 14.5. The van der Waals surface area contributed by atoms with Crippen LogP contribution in [0.3, 0.4) is 0 Å². The van der Waals surface area contributed by atoms with E-state index in [0.717, 1.165) is 31.2 Å². The van der Waals surface area contributed by atoms with Crippen LogP contribution in [0.4, 0.5) is 5.69 Å². The van der Waals surface area contributed by atoms with Crippen LogP contribution in [0.2, 0.25) is 10.0 Å². The van der Waals surface area contributed by atoms with Crippen molar-refractivity contribution in [3.8, 4) is 5.75 Å². The molecule has 30 heavy (non-hydrogen) atoms. The minimum absolute atomic E-state index is 0.113. The third kappa shape index (κ3) is 4.73. The van der Waals surface area contributed by atoms with Crippen LogP contribution in [-0.4, -0.2) is 22.8 Å². The molecule has 2 N–H and O–H groups in total. The summed E-state index contributed by atoms with van der Waals surface area (Å²) in [6.07, 6.45) is 7.28. The predicted molar refractivity (Wildman–Crippen MR) is 121 cm³/mol. The average Bonchev–Trinajstić information content (AvgIpc) is 3.00. The summed E-state index contributed by atoms with van der Waals surface area (Å²) in [4.78, 5) is 13.0. The summed E-state index contributed by atoms with van der Waals surface area (Å²) in [6, 6.07) is 12.2. The van der Waals surface area contributed by atoms with E-state index in [9.17, 15) is 9.90 Å². The number of rotatable bonds is 4. The predicted octanol–water partition coefficient (Wildman–Crippen LogP) is 5.85. The molecule has 1 heterocycles. The maximum absolute atomic E-state index is 13.0. The number of benzene rings is 2. The lowest BCUT2D eigenvalue weighted by atomic mass is 10.0. The molecule has 2 aromatic rings. The quantitative estimate of drug-likeness (QED) is 0.580.